The van der Waals surface area contributed by atoms with Gasteiger partial charge >= 0.3 is 5.51 Å². The van der Waals surface area contributed by atoms with Crippen LogP contribution in [0.25, 0.3) is 0 Å². The molecule has 0 saturated heterocycles. The lowest BCUT2D eigenvalue weighted by molar-refractivity contribution is -0.0507. The molecule has 0 aromatic heterocycles. The lowest BCUT2D eigenvalue weighted by atomic mass is 11.6. The first-order valence-corrected chi connectivity index (χ1v) is 2.67. The van der Waals surface area contributed by atoms with E-state index in [1.54, 1.807) is 0 Å². The Balaban J connectivity index is 3.74. The zero-order valence-corrected chi connectivity index (χ0v) is 4.75. The number of hydrogen-bond acceptors (Lipinski definition) is 4. The van der Waals surface area contributed by atoms with Gasteiger partial charge in [0.05, 0.1) is 0 Å². The van der Waals surface area contributed by atoms with Crippen LogP contribution in [0.3, 0.4) is 0 Å². The fraction of sp³-hybridized carbons (Fsp3) is 1.00. The van der Waals surface area contributed by atoms with Gasteiger partial charge < -0.3 is 0 Å². The molecule has 1 unspecified atom stereocenters. The zero-order valence-electron chi connectivity index (χ0n) is 3.94. The summed E-state index contributed by atoms with van der Waals surface area (Å²) in [6, 6.07) is 0. The van der Waals surface area contributed by atoms with Gasteiger partial charge in [-0.15, -0.1) is 5.59 Å². The summed E-state index contributed by atoms with van der Waals surface area (Å²) in [5.41, 5.74) is -3.73. The van der Waals surface area contributed by atoms with Crippen LogP contribution in [-0.4, -0.2) is 9.72 Å². The average Bonchev–Trinajstić information content (AvgIpc) is 1.64. The molecule has 0 aliphatic rings. The van der Waals surface area contributed by atoms with Crippen LogP contribution in [0, 0.1) is 0 Å². The fourth-order valence-corrected chi connectivity index (χ4v) is 0.273. The first kappa shape index (κ1) is 8.82. The van der Waals surface area contributed by atoms with Gasteiger partial charge in [0.2, 0.25) is 0 Å². The van der Waals surface area contributed by atoms with E-state index in [0.717, 1.165) is 5.59 Å². The third-order valence-electron chi connectivity index (χ3n) is 0.313. The number of nitrogens with one attached hydrogen (secondary N) is 1. The number of nitrogens with two attached hydrogens (primary N) is 1. The maximum absolute atomic E-state index is 11.1. The molecule has 0 rings (SSSR count). The van der Waals surface area contributed by atoms with E-state index in [9.17, 15) is 17.4 Å². The highest BCUT2D eigenvalue weighted by atomic mass is 32.2. The number of hydrogen-bond donors (Lipinski definition) is 2. The highest BCUT2D eigenvalue weighted by Crippen LogP contribution is 2.19. The molecule has 0 bridgehead atoms. The molecule has 0 fully saturated rings. The second-order valence-electron chi connectivity index (χ2n) is 0.882. The van der Waals surface area contributed by atoms with Crippen LogP contribution in [0.4, 0.5) is 13.2 Å². The van der Waals surface area contributed by atoms with Crippen molar-refractivity contribution in [2.24, 2.45) is 5.84 Å². The van der Waals surface area contributed by atoms with Crippen molar-refractivity contribution in [1.82, 2.24) is 5.59 Å². The van der Waals surface area contributed by atoms with Crippen molar-refractivity contribution in [2.45, 2.75) is 5.51 Å². The molecular weight excluding hydrogens is 161 g/mol. The Morgan fingerprint density at radius 2 is 2.00 bits per heavy atom. The molecule has 0 aromatic carbocycles. The quantitative estimate of drug-likeness (QED) is 0.429. The van der Waals surface area contributed by atoms with Crippen LogP contribution >= 0.6 is 0 Å². The Morgan fingerprint density at radius 1 is 1.56 bits per heavy atom. The number of alkyl halides is 3. The van der Waals surface area contributed by atoms with Crippen LogP contribution in [0.2, 0.25) is 0 Å². The van der Waals surface area contributed by atoms with E-state index in [1.165, 1.54) is 0 Å². The van der Waals surface area contributed by atoms with Crippen molar-refractivity contribution in [3.8, 4) is 0 Å². The predicted molar refractivity (Wildman–Crippen MR) is 22.6 cm³/mol. The van der Waals surface area contributed by atoms with Crippen molar-refractivity contribution in [3.63, 3.8) is 0 Å². The SMILES string of the molecule is NNOS(=O)C(F)(F)F. The van der Waals surface area contributed by atoms with Gasteiger partial charge in [-0.05, 0) is 0 Å². The van der Waals surface area contributed by atoms with E-state index in [0.29, 0.717) is 0 Å². The van der Waals surface area contributed by atoms with Crippen molar-refractivity contribution in [2.75, 3.05) is 0 Å². The predicted octanol–water partition coefficient (Wildman–Crippen LogP) is -0.435. The van der Waals surface area contributed by atoms with Crippen molar-refractivity contribution < 1.29 is 21.7 Å². The summed E-state index contributed by atoms with van der Waals surface area (Å²) in [4.78, 5) is 0. The summed E-state index contributed by atoms with van der Waals surface area (Å²) < 4.78 is 46.3. The molecule has 1 atom stereocenters. The highest BCUT2D eigenvalue weighted by molar-refractivity contribution is 7.81. The molecular formula is CH3F3N2O2S. The first-order valence-electron chi connectivity index (χ1n) is 1.60. The minimum Gasteiger partial charge on any atom is -0.247 e. The van der Waals surface area contributed by atoms with Crippen LogP contribution < -0.4 is 11.4 Å². The average molecular weight is 164 g/mol. The topological polar surface area (TPSA) is 64.3 Å². The van der Waals surface area contributed by atoms with Crippen molar-refractivity contribution >= 4 is 11.1 Å². The second-order valence-corrected chi connectivity index (χ2v) is 1.98. The number of hydrazine groups is 1. The third kappa shape index (κ3) is 3.40. The van der Waals surface area contributed by atoms with Crippen LogP contribution in [0.15, 0.2) is 0 Å². The lowest BCUT2D eigenvalue weighted by Crippen LogP contribution is -2.29. The minimum atomic E-state index is -4.88. The van der Waals surface area contributed by atoms with E-state index >= 15 is 0 Å². The summed E-state index contributed by atoms with van der Waals surface area (Å²) in [6.07, 6.45) is 0. The van der Waals surface area contributed by atoms with Gasteiger partial charge in [0, 0.05) is 0 Å². The summed E-state index contributed by atoms with van der Waals surface area (Å²) in [6.45, 7) is 0. The van der Waals surface area contributed by atoms with Gasteiger partial charge in [0.15, 0.2) is 0 Å². The van der Waals surface area contributed by atoms with Crippen molar-refractivity contribution in [1.29, 1.82) is 0 Å². The molecule has 4 nitrogen and oxygen atoms in total. The highest BCUT2D eigenvalue weighted by Gasteiger charge is 2.38. The smallest absolute Gasteiger partial charge is 0.247 e. The lowest BCUT2D eigenvalue weighted by Gasteiger charge is -2.02. The Bertz CT molecular complexity index is 113. The molecule has 3 N–H and O–H groups in total. The standard InChI is InChI=1S/CH3F3N2O2S/c2-1(3,4)9(7)8-6-5/h6H,5H2. The van der Waals surface area contributed by atoms with Crippen LogP contribution in [0.1, 0.15) is 0 Å². The number of rotatable bonds is 2. The summed E-state index contributed by atoms with van der Waals surface area (Å²) >= 11 is -3.37. The molecule has 0 aromatic rings. The van der Waals surface area contributed by atoms with E-state index in [1.807, 2.05) is 0 Å². The summed E-state index contributed by atoms with van der Waals surface area (Å²) in [5.74, 6) is 4.26. The molecule has 0 amide bonds. The van der Waals surface area contributed by atoms with E-state index in [4.69, 9.17) is 0 Å². The van der Waals surface area contributed by atoms with Gasteiger partial charge in [-0.2, -0.15) is 17.5 Å². The molecule has 0 saturated carbocycles. The first-order chi connectivity index (χ1) is 3.98. The molecule has 9 heavy (non-hydrogen) atoms. The minimum absolute atomic E-state index is 1.15. The normalized spacial score (nSPS) is 15.6. The molecule has 8 heteroatoms. The Hall–Kier alpha value is -0.180. The molecule has 0 aliphatic heterocycles. The Labute approximate surface area is 50.7 Å². The largest absolute Gasteiger partial charge is 0.498 e. The van der Waals surface area contributed by atoms with Gasteiger partial charge in [-0.25, -0.2) is 10.1 Å². The van der Waals surface area contributed by atoms with E-state index in [2.05, 4.69) is 10.1 Å². The second kappa shape index (κ2) is 3.11. The Morgan fingerprint density at radius 3 is 2.11 bits per heavy atom. The van der Waals surface area contributed by atoms with Gasteiger partial charge in [0.1, 0.15) is 0 Å². The summed E-state index contributed by atoms with van der Waals surface area (Å²) in [7, 11) is 0. The monoisotopic (exact) mass is 164 g/mol. The maximum Gasteiger partial charge on any atom is 0.498 e. The van der Waals surface area contributed by atoms with E-state index < -0.39 is 16.6 Å². The third-order valence-corrected chi connectivity index (χ3v) is 0.938. The zero-order chi connectivity index (χ0) is 7.49. The van der Waals surface area contributed by atoms with E-state index in [-0.39, 0.29) is 0 Å². The molecule has 0 radical (unpaired) electrons. The number of halogens is 3. The molecule has 56 valence electrons. The van der Waals surface area contributed by atoms with Gasteiger partial charge in [-0.3, -0.25) is 0 Å². The van der Waals surface area contributed by atoms with Gasteiger partial charge in [0.25, 0.3) is 11.1 Å². The van der Waals surface area contributed by atoms with Crippen LogP contribution in [0.5, 0.6) is 0 Å². The van der Waals surface area contributed by atoms with Crippen molar-refractivity contribution in [3.05, 3.63) is 0 Å². The summed E-state index contributed by atoms with van der Waals surface area (Å²) in [5, 5.41) is 0. The molecule has 0 aliphatic carbocycles. The maximum atomic E-state index is 11.1. The fourth-order valence-electron chi connectivity index (χ4n) is 0.0909. The Kier molecular flexibility index (Phi) is 3.04. The van der Waals surface area contributed by atoms with Crippen LogP contribution in [-0.2, 0) is 15.4 Å². The molecule has 0 heterocycles. The molecule has 0 spiro atoms. The van der Waals surface area contributed by atoms with Gasteiger partial charge in [-0.1, -0.05) is 0 Å².